The molecule has 1 amide bonds. The lowest BCUT2D eigenvalue weighted by Gasteiger charge is -2.11. The molecule has 0 aliphatic carbocycles. The number of ether oxygens (including phenoxy) is 2. The van der Waals surface area contributed by atoms with Gasteiger partial charge in [-0.05, 0) is 30.3 Å². The smallest absolute Gasteiger partial charge is 0.495 e. The highest BCUT2D eigenvalue weighted by atomic mass is 19.4. The monoisotopic (exact) mass is 351 g/mol. The molecule has 0 aliphatic heterocycles. The van der Waals surface area contributed by atoms with E-state index in [1.54, 1.807) is 0 Å². The summed E-state index contributed by atoms with van der Waals surface area (Å²) in [6.45, 7) is 0.0556. The van der Waals surface area contributed by atoms with Gasteiger partial charge in [0.1, 0.15) is 23.3 Å². The van der Waals surface area contributed by atoms with Crippen molar-refractivity contribution < 1.29 is 27.4 Å². The second kappa shape index (κ2) is 7.53. The Morgan fingerprint density at radius 2 is 2.00 bits per heavy atom. The molecule has 6 nitrogen and oxygen atoms in total. The van der Waals surface area contributed by atoms with Crippen LogP contribution in [0.15, 0.2) is 36.5 Å². The van der Waals surface area contributed by atoms with Crippen molar-refractivity contribution in [1.82, 2.24) is 10.3 Å². The van der Waals surface area contributed by atoms with Gasteiger partial charge in [0, 0.05) is 17.7 Å². The van der Waals surface area contributed by atoms with Crippen LogP contribution in [0.3, 0.4) is 0 Å². The summed E-state index contributed by atoms with van der Waals surface area (Å²) in [4.78, 5) is 15.9. The Balaban J connectivity index is 2.04. The maximum atomic E-state index is 12.1. The first-order chi connectivity index (χ1) is 11.8. The number of nitrogens with one attached hydrogen (secondary N) is 1. The molecule has 9 heteroatoms. The summed E-state index contributed by atoms with van der Waals surface area (Å²) in [5.74, 6) is -0.525. The molecule has 2 aromatic rings. The van der Waals surface area contributed by atoms with Gasteiger partial charge >= 0.3 is 6.36 Å². The molecule has 0 fully saturated rings. The molecule has 1 heterocycles. The molecule has 2 rings (SSSR count). The van der Waals surface area contributed by atoms with E-state index in [1.807, 2.05) is 6.07 Å². The van der Waals surface area contributed by atoms with Crippen LogP contribution in [0.4, 0.5) is 13.2 Å². The largest absolute Gasteiger partial charge is 0.573 e. The number of nitrogens with zero attached hydrogens (tertiary/aromatic N) is 2. The SMILES string of the molecule is COc1cnc(C#N)cc1CNC(=O)c1ccc(OC(F)(F)F)cc1. The first-order valence-electron chi connectivity index (χ1n) is 6.89. The zero-order valence-electron chi connectivity index (χ0n) is 12.9. The number of halogens is 3. The Kier molecular flexibility index (Phi) is 5.44. The first kappa shape index (κ1) is 18.1. The van der Waals surface area contributed by atoms with Crippen molar-refractivity contribution in [3.8, 4) is 17.6 Å². The van der Waals surface area contributed by atoms with Gasteiger partial charge in [-0.3, -0.25) is 4.79 Å². The topological polar surface area (TPSA) is 84.2 Å². The summed E-state index contributed by atoms with van der Waals surface area (Å²) < 4.78 is 45.1. The van der Waals surface area contributed by atoms with Crippen LogP contribution in [0.2, 0.25) is 0 Å². The number of aromatic nitrogens is 1. The minimum Gasteiger partial charge on any atom is -0.495 e. The Hall–Kier alpha value is -3.28. The molecule has 0 saturated carbocycles. The zero-order valence-corrected chi connectivity index (χ0v) is 12.9. The molecule has 130 valence electrons. The van der Waals surface area contributed by atoms with E-state index >= 15 is 0 Å². The summed E-state index contributed by atoms with van der Waals surface area (Å²) in [5, 5.41) is 11.4. The summed E-state index contributed by atoms with van der Waals surface area (Å²) in [7, 11) is 1.42. The summed E-state index contributed by atoms with van der Waals surface area (Å²) in [5.41, 5.74) is 0.862. The van der Waals surface area contributed by atoms with Crippen LogP contribution >= 0.6 is 0 Å². The van der Waals surface area contributed by atoms with Gasteiger partial charge in [-0.25, -0.2) is 4.98 Å². The van der Waals surface area contributed by atoms with Crippen LogP contribution in [-0.2, 0) is 6.54 Å². The van der Waals surface area contributed by atoms with Gasteiger partial charge in [0.25, 0.3) is 5.91 Å². The van der Waals surface area contributed by atoms with Gasteiger partial charge in [0.2, 0.25) is 0 Å². The fourth-order valence-electron chi connectivity index (χ4n) is 1.95. The summed E-state index contributed by atoms with van der Waals surface area (Å²) >= 11 is 0. The van der Waals surface area contributed by atoms with Crippen molar-refractivity contribution >= 4 is 5.91 Å². The lowest BCUT2D eigenvalue weighted by Crippen LogP contribution is -2.23. The number of amides is 1. The van der Waals surface area contributed by atoms with E-state index in [0.717, 1.165) is 12.1 Å². The first-order valence-corrected chi connectivity index (χ1v) is 6.89. The van der Waals surface area contributed by atoms with E-state index in [-0.39, 0.29) is 17.8 Å². The number of hydrogen-bond acceptors (Lipinski definition) is 5. The van der Waals surface area contributed by atoms with Gasteiger partial charge in [0.05, 0.1) is 13.3 Å². The molecule has 0 bridgehead atoms. The van der Waals surface area contributed by atoms with Crippen LogP contribution in [-0.4, -0.2) is 24.4 Å². The van der Waals surface area contributed by atoms with E-state index in [2.05, 4.69) is 15.0 Å². The van der Waals surface area contributed by atoms with E-state index in [9.17, 15) is 18.0 Å². The van der Waals surface area contributed by atoms with Crippen molar-refractivity contribution in [3.05, 3.63) is 53.3 Å². The molecule has 25 heavy (non-hydrogen) atoms. The van der Waals surface area contributed by atoms with Crippen LogP contribution in [0.25, 0.3) is 0 Å². The number of carbonyl (C=O) groups excluding carboxylic acids is 1. The summed E-state index contributed by atoms with van der Waals surface area (Å²) in [6, 6.07) is 7.86. The molecule has 0 unspecified atom stereocenters. The van der Waals surface area contributed by atoms with E-state index in [1.165, 1.54) is 31.5 Å². The molecular formula is C16H12F3N3O3. The Morgan fingerprint density at radius 3 is 2.56 bits per heavy atom. The Bertz CT molecular complexity index is 799. The molecule has 1 aromatic heterocycles. The van der Waals surface area contributed by atoms with Crippen LogP contribution in [0.5, 0.6) is 11.5 Å². The molecule has 1 aromatic carbocycles. The van der Waals surface area contributed by atoms with Gasteiger partial charge in [-0.15, -0.1) is 13.2 Å². The van der Waals surface area contributed by atoms with Crippen molar-refractivity contribution in [2.45, 2.75) is 12.9 Å². The highest BCUT2D eigenvalue weighted by molar-refractivity contribution is 5.94. The quantitative estimate of drug-likeness (QED) is 0.895. The van der Waals surface area contributed by atoms with Gasteiger partial charge < -0.3 is 14.8 Å². The molecular weight excluding hydrogens is 339 g/mol. The average Bonchev–Trinajstić information content (AvgIpc) is 2.58. The number of alkyl halides is 3. The van der Waals surface area contributed by atoms with Crippen molar-refractivity contribution in [2.75, 3.05) is 7.11 Å². The number of hydrogen-bond donors (Lipinski definition) is 1. The zero-order chi connectivity index (χ0) is 18.4. The fraction of sp³-hybridized carbons (Fsp3) is 0.188. The average molecular weight is 351 g/mol. The third-order valence-electron chi connectivity index (χ3n) is 3.07. The second-order valence-electron chi connectivity index (χ2n) is 4.75. The van der Waals surface area contributed by atoms with Crippen LogP contribution in [0, 0.1) is 11.3 Å². The lowest BCUT2D eigenvalue weighted by atomic mass is 10.2. The normalized spacial score (nSPS) is 10.7. The van der Waals surface area contributed by atoms with E-state index in [4.69, 9.17) is 10.00 Å². The number of nitriles is 1. The minimum absolute atomic E-state index is 0.0556. The predicted octanol–water partition coefficient (Wildman–Crippen LogP) is 2.79. The number of rotatable bonds is 5. The maximum absolute atomic E-state index is 12.1. The van der Waals surface area contributed by atoms with E-state index in [0.29, 0.717) is 11.3 Å². The lowest BCUT2D eigenvalue weighted by molar-refractivity contribution is -0.274. The number of carbonyl (C=O) groups is 1. The Morgan fingerprint density at radius 1 is 1.32 bits per heavy atom. The fourth-order valence-corrected chi connectivity index (χ4v) is 1.95. The highest BCUT2D eigenvalue weighted by Gasteiger charge is 2.31. The predicted molar refractivity (Wildman–Crippen MR) is 79.8 cm³/mol. The third-order valence-corrected chi connectivity index (χ3v) is 3.07. The molecule has 0 aliphatic rings. The van der Waals surface area contributed by atoms with Crippen LogP contribution in [0.1, 0.15) is 21.6 Å². The standard InChI is InChI=1S/C16H12F3N3O3/c1-24-14-9-21-12(7-20)6-11(14)8-22-15(23)10-2-4-13(5-3-10)25-16(17,18)19/h2-6,9H,8H2,1H3,(H,22,23). The molecule has 0 spiro atoms. The molecule has 0 saturated heterocycles. The van der Waals surface area contributed by atoms with Crippen molar-refractivity contribution in [2.24, 2.45) is 0 Å². The molecule has 1 N–H and O–H groups in total. The number of pyridine rings is 1. The number of methoxy groups -OCH3 is 1. The van der Waals surface area contributed by atoms with Gasteiger partial charge in [-0.1, -0.05) is 0 Å². The third kappa shape index (κ3) is 5.10. The van der Waals surface area contributed by atoms with E-state index < -0.39 is 18.0 Å². The van der Waals surface area contributed by atoms with Gasteiger partial charge in [0.15, 0.2) is 0 Å². The number of benzene rings is 1. The maximum Gasteiger partial charge on any atom is 0.573 e. The minimum atomic E-state index is -4.79. The van der Waals surface area contributed by atoms with Crippen molar-refractivity contribution in [3.63, 3.8) is 0 Å². The molecule has 0 atom stereocenters. The molecule has 0 radical (unpaired) electrons. The summed E-state index contributed by atoms with van der Waals surface area (Å²) in [6.07, 6.45) is -3.43. The second-order valence-corrected chi connectivity index (χ2v) is 4.75. The Labute approximate surface area is 140 Å². The van der Waals surface area contributed by atoms with Gasteiger partial charge in [-0.2, -0.15) is 5.26 Å². The van der Waals surface area contributed by atoms with Crippen LogP contribution < -0.4 is 14.8 Å². The van der Waals surface area contributed by atoms with Crippen molar-refractivity contribution in [1.29, 1.82) is 5.26 Å². The highest BCUT2D eigenvalue weighted by Crippen LogP contribution is 2.23.